The van der Waals surface area contributed by atoms with Gasteiger partial charge in [0.2, 0.25) is 0 Å². The number of carbonyl (C=O) groups excluding carboxylic acids is 2. The first-order chi connectivity index (χ1) is 8.82. The highest BCUT2D eigenvalue weighted by molar-refractivity contribution is 5.96. The molecule has 0 aliphatic rings. The maximum atomic E-state index is 14.0. The third kappa shape index (κ3) is 4.02. The van der Waals surface area contributed by atoms with E-state index in [0.29, 0.717) is 16.7 Å². The van der Waals surface area contributed by atoms with Gasteiger partial charge in [0, 0.05) is 12.5 Å². The number of halogens is 1. The van der Waals surface area contributed by atoms with E-state index in [-0.39, 0.29) is 29.7 Å². The zero-order valence-electron chi connectivity index (χ0n) is 11.5. The van der Waals surface area contributed by atoms with E-state index in [1.165, 1.54) is 19.9 Å². The number of ketones is 2. The van der Waals surface area contributed by atoms with E-state index < -0.39 is 0 Å². The van der Waals surface area contributed by atoms with Crippen LogP contribution in [0.1, 0.15) is 30.5 Å². The number of aryl methyl sites for hydroxylation is 2. The third-order valence-electron chi connectivity index (χ3n) is 2.64. The van der Waals surface area contributed by atoms with Crippen LogP contribution in [0.2, 0.25) is 0 Å². The summed E-state index contributed by atoms with van der Waals surface area (Å²) in [6.45, 7) is 5.87. The quantitative estimate of drug-likeness (QED) is 0.606. The Labute approximate surface area is 112 Å². The summed E-state index contributed by atoms with van der Waals surface area (Å²) in [7, 11) is 0. The molecule has 102 valence electrons. The van der Waals surface area contributed by atoms with Crippen molar-refractivity contribution < 1.29 is 18.7 Å². The predicted octanol–water partition coefficient (Wildman–Crippen LogP) is 2.98. The Balaban J connectivity index is 3.19. The normalized spacial score (nSPS) is 11.3. The maximum absolute atomic E-state index is 14.0. The van der Waals surface area contributed by atoms with Crippen LogP contribution in [0.4, 0.5) is 4.39 Å². The van der Waals surface area contributed by atoms with Gasteiger partial charge in [0.15, 0.2) is 17.3 Å². The highest BCUT2D eigenvalue weighted by atomic mass is 19.1. The minimum absolute atomic E-state index is 0.0113. The molecule has 3 nitrogen and oxygen atoms in total. The Hall–Kier alpha value is -1.97. The van der Waals surface area contributed by atoms with E-state index in [1.807, 2.05) is 0 Å². The van der Waals surface area contributed by atoms with Crippen LogP contribution in [0.25, 0.3) is 6.08 Å². The summed E-state index contributed by atoms with van der Waals surface area (Å²) in [5.41, 5.74) is 1.51. The minimum atomic E-state index is -0.384. The van der Waals surface area contributed by atoms with Crippen LogP contribution in [0.3, 0.4) is 0 Å². The second kappa shape index (κ2) is 6.27. The van der Waals surface area contributed by atoms with Gasteiger partial charge in [0.1, 0.15) is 12.4 Å². The Kier molecular flexibility index (Phi) is 4.98. The number of ether oxygens (including phenoxy) is 1. The first-order valence-electron chi connectivity index (χ1n) is 5.93. The van der Waals surface area contributed by atoms with Gasteiger partial charge >= 0.3 is 0 Å². The largest absolute Gasteiger partial charge is 0.482 e. The molecule has 0 saturated heterocycles. The Morgan fingerprint density at radius 2 is 1.79 bits per heavy atom. The van der Waals surface area contributed by atoms with E-state index in [4.69, 9.17) is 4.74 Å². The van der Waals surface area contributed by atoms with Crippen LogP contribution in [0.15, 0.2) is 17.9 Å². The van der Waals surface area contributed by atoms with Crippen molar-refractivity contribution in [1.29, 1.82) is 0 Å². The van der Waals surface area contributed by atoms with E-state index >= 15 is 0 Å². The van der Waals surface area contributed by atoms with Gasteiger partial charge in [-0.15, -0.1) is 0 Å². The molecule has 0 bridgehead atoms. The summed E-state index contributed by atoms with van der Waals surface area (Å²) in [6, 6.07) is 3.44. The SMILES string of the molecule is CC(=O)CO/C(=C/c1c(C)ccc(C)c1F)C(C)=O. The van der Waals surface area contributed by atoms with Crippen molar-refractivity contribution in [3.05, 3.63) is 40.4 Å². The molecule has 1 rings (SSSR count). The lowest BCUT2D eigenvalue weighted by atomic mass is 10.0. The highest BCUT2D eigenvalue weighted by Crippen LogP contribution is 2.20. The smallest absolute Gasteiger partial charge is 0.194 e. The number of rotatable bonds is 5. The molecule has 0 N–H and O–H groups in total. The van der Waals surface area contributed by atoms with E-state index in [0.717, 1.165) is 0 Å². The Bertz CT molecular complexity index is 545. The van der Waals surface area contributed by atoms with Crippen LogP contribution in [-0.4, -0.2) is 18.2 Å². The molecule has 0 atom stereocenters. The number of allylic oxidation sites excluding steroid dienone is 1. The van der Waals surface area contributed by atoms with Crippen molar-refractivity contribution in [1.82, 2.24) is 0 Å². The number of carbonyl (C=O) groups is 2. The summed E-state index contributed by atoms with van der Waals surface area (Å²) in [6.07, 6.45) is 1.35. The van der Waals surface area contributed by atoms with Gasteiger partial charge in [-0.05, 0) is 38.0 Å². The molecule has 19 heavy (non-hydrogen) atoms. The van der Waals surface area contributed by atoms with Crippen LogP contribution in [0, 0.1) is 19.7 Å². The summed E-state index contributed by atoms with van der Waals surface area (Å²) in [5.74, 6) is -0.942. The van der Waals surface area contributed by atoms with Gasteiger partial charge in [-0.1, -0.05) is 12.1 Å². The molecule has 0 fully saturated rings. The van der Waals surface area contributed by atoms with Crippen molar-refractivity contribution in [2.75, 3.05) is 6.61 Å². The second-order valence-electron chi connectivity index (χ2n) is 4.48. The highest BCUT2D eigenvalue weighted by Gasteiger charge is 2.12. The molecule has 4 heteroatoms. The molecular formula is C15H17FO3. The van der Waals surface area contributed by atoms with Gasteiger partial charge < -0.3 is 4.74 Å². The fourth-order valence-electron chi connectivity index (χ4n) is 1.53. The molecule has 0 saturated carbocycles. The molecule has 0 radical (unpaired) electrons. The molecule has 0 unspecified atom stereocenters. The zero-order valence-corrected chi connectivity index (χ0v) is 11.5. The third-order valence-corrected chi connectivity index (χ3v) is 2.64. The number of benzene rings is 1. The van der Waals surface area contributed by atoms with Crippen molar-refractivity contribution >= 4 is 17.6 Å². The first kappa shape index (κ1) is 15.1. The summed E-state index contributed by atoms with van der Waals surface area (Å²) >= 11 is 0. The molecule has 0 heterocycles. The summed E-state index contributed by atoms with van der Waals surface area (Å²) in [5, 5.41) is 0. The first-order valence-corrected chi connectivity index (χ1v) is 5.93. The average Bonchev–Trinajstić information content (AvgIpc) is 2.32. The van der Waals surface area contributed by atoms with Gasteiger partial charge in [0.05, 0.1) is 0 Å². The average molecular weight is 264 g/mol. The van der Waals surface area contributed by atoms with Gasteiger partial charge in [-0.25, -0.2) is 4.39 Å². The van der Waals surface area contributed by atoms with Crippen molar-refractivity contribution in [3.63, 3.8) is 0 Å². The van der Waals surface area contributed by atoms with Gasteiger partial charge in [-0.2, -0.15) is 0 Å². The van der Waals surface area contributed by atoms with Gasteiger partial charge in [-0.3, -0.25) is 9.59 Å². The maximum Gasteiger partial charge on any atom is 0.194 e. The van der Waals surface area contributed by atoms with E-state index in [9.17, 15) is 14.0 Å². The fourth-order valence-corrected chi connectivity index (χ4v) is 1.53. The lowest BCUT2D eigenvalue weighted by molar-refractivity contribution is -0.122. The van der Waals surface area contributed by atoms with Crippen LogP contribution in [-0.2, 0) is 14.3 Å². The lowest BCUT2D eigenvalue weighted by Crippen LogP contribution is -2.09. The number of Topliss-reactive ketones (excluding diaryl/α,β-unsaturated/α-hetero) is 2. The van der Waals surface area contributed by atoms with Gasteiger partial charge in [0.25, 0.3) is 0 Å². The standard InChI is InChI=1S/C15H17FO3/c1-9-5-6-10(2)15(16)13(9)7-14(12(4)18)19-8-11(3)17/h5-7H,8H2,1-4H3/b14-7+. The molecular weight excluding hydrogens is 247 g/mol. The molecule has 0 aromatic heterocycles. The molecule has 0 aliphatic carbocycles. The van der Waals surface area contributed by atoms with Crippen molar-refractivity contribution in [2.45, 2.75) is 27.7 Å². The van der Waals surface area contributed by atoms with E-state index in [2.05, 4.69) is 0 Å². The number of hydrogen-bond donors (Lipinski definition) is 0. The number of hydrogen-bond acceptors (Lipinski definition) is 3. The lowest BCUT2D eigenvalue weighted by Gasteiger charge is -2.09. The molecule has 1 aromatic rings. The summed E-state index contributed by atoms with van der Waals surface area (Å²) < 4.78 is 19.1. The predicted molar refractivity (Wildman–Crippen MR) is 71.2 cm³/mol. The summed E-state index contributed by atoms with van der Waals surface area (Å²) in [4.78, 5) is 22.3. The molecule has 0 spiro atoms. The molecule has 0 amide bonds. The van der Waals surface area contributed by atoms with Crippen LogP contribution < -0.4 is 0 Å². The second-order valence-corrected chi connectivity index (χ2v) is 4.48. The topological polar surface area (TPSA) is 43.4 Å². The Morgan fingerprint density at radius 3 is 2.32 bits per heavy atom. The van der Waals surface area contributed by atoms with Crippen LogP contribution in [0.5, 0.6) is 0 Å². The minimum Gasteiger partial charge on any atom is -0.482 e. The van der Waals surface area contributed by atoms with E-state index in [1.54, 1.807) is 26.0 Å². The zero-order chi connectivity index (χ0) is 14.6. The molecule has 0 aliphatic heterocycles. The molecule has 1 aromatic carbocycles. The Morgan fingerprint density at radius 1 is 1.21 bits per heavy atom. The van der Waals surface area contributed by atoms with Crippen molar-refractivity contribution in [3.8, 4) is 0 Å². The monoisotopic (exact) mass is 264 g/mol. The fraction of sp³-hybridized carbons (Fsp3) is 0.333. The van der Waals surface area contributed by atoms with Crippen molar-refractivity contribution in [2.24, 2.45) is 0 Å². The van der Waals surface area contributed by atoms with Crippen LogP contribution >= 0.6 is 0 Å².